The van der Waals surface area contributed by atoms with Gasteiger partial charge in [0.1, 0.15) is 0 Å². The second-order valence-corrected chi connectivity index (χ2v) is 4.57. The van der Waals surface area contributed by atoms with E-state index in [0.717, 1.165) is 18.7 Å². The second-order valence-electron chi connectivity index (χ2n) is 4.57. The van der Waals surface area contributed by atoms with E-state index in [1.54, 1.807) is 0 Å². The molecule has 5 nitrogen and oxygen atoms in total. The third-order valence-corrected chi connectivity index (χ3v) is 2.84. The van der Waals surface area contributed by atoms with E-state index >= 15 is 0 Å². The van der Waals surface area contributed by atoms with Crippen LogP contribution in [-0.2, 0) is 9.59 Å². The first-order valence-electron chi connectivity index (χ1n) is 6.93. The predicted molar refractivity (Wildman–Crippen MR) is 79.2 cm³/mol. The van der Waals surface area contributed by atoms with Crippen LogP contribution >= 0.6 is 0 Å². The number of carbonyl (C=O) groups is 2. The standard InChI is InChI=1S/C15H23N3O2/c1-3-16-9-10-17-15(20)11-14(18-12(2)19)13-7-5-4-6-8-13/h4-8,14,16H,3,9-11H2,1-2H3,(H,17,20)(H,18,19). The molecule has 2 amide bonds. The molecule has 20 heavy (non-hydrogen) atoms. The molecule has 0 heterocycles. The average Bonchev–Trinajstić information content (AvgIpc) is 2.43. The highest BCUT2D eigenvalue weighted by Gasteiger charge is 2.16. The number of nitrogens with one attached hydrogen (secondary N) is 3. The van der Waals surface area contributed by atoms with Crippen LogP contribution in [0.3, 0.4) is 0 Å². The molecule has 0 radical (unpaired) electrons. The lowest BCUT2D eigenvalue weighted by molar-refractivity contribution is -0.122. The van der Waals surface area contributed by atoms with Crippen LogP contribution in [0, 0.1) is 0 Å². The summed E-state index contributed by atoms with van der Waals surface area (Å²) in [6, 6.07) is 9.23. The summed E-state index contributed by atoms with van der Waals surface area (Å²) >= 11 is 0. The van der Waals surface area contributed by atoms with Crippen LogP contribution < -0.4 is 16.0 Å². The van der Waals surface area contributed by atoms with E-state index in [0.29, 0.717) is 6.54 Å². The summed E-state index contributed by atoms with van der Waals surface area (Å²) in [7, 11) is 0. The number of amides is 2. The quantitative estimate of drug-likeness (QED) is 0.620. The van der Waals surface area contributed by atoms with Gasteiger partial charge in [-0.2, -0.15) is 0 Å². The summed E-state index contributed by atoms with van der Waals surface area (Å²) in [5.41, 5.74) is 0.935. The van der Waals surface area contributed by atoms with Crippen molar-refractivity contribution >= 4 is 11.8 Å². The van der Waals surface area contributed by atoms with Gasteiger partial charge in [0.25, 0.3) is 0 Å². The molecule has 5 heteroatoms. The van der Waals surface area contributed by atoms with E-state index < -0.39 is 0 Å². The molecule has 1 aromatic carbocycles. The summed E-state index contributed by atoms with van der Waals surface area (Å²) in [5.74, 6) is -0.204. The Kier molecular flexibility index (Phi) is 7.35. The van der Waals surface area contributed by atoms with Crippen molar-refractivity contribution in [3.05, 3.63) is 35.9 Å². The van der Waals surface area contributed by atoms with Crippen LogP contribution in [0.1, 0.15) is 31.9 Å². The molecule has 0 spiro atoms. The van der Waals surface area contributed by atoms with Crippen molar-refractivity contribution < 1.29 is 9.59 Å². The molecular weight excluding hydrogens is 254 g/mol. The molecule has 1 aromatic rings. The first-order valence-corrected chi connectivity index (χ1v) is 6.93. The number of benzene rings is 1. The van der Waals surface area contributed by atoms with Gasteiger partial charge in [-0.1, -0.05) is 37.3 Å². The summed E-state index contributed by atoms with van der Waals surface area (Å²) in [6.45, 7) is 5.70. The molecule has 0 fully saturated rings. The number of carbonyl (C=O) groups excluding carboxylic acids is 2. The first kappa shape index (κ1) is 16.2. The van der Waals surface area contributed by atoms with E-state index in [4.69, 9.17) is 0 Å². The fourth-order valence-corrected chi connectivity index (χ4v) is 1.91. The van der Waals surface area contributed by atoms with Gasteiger partial charge in [-0.05, 0) is 12.1 Å². The Morgan fingerprint density at radius 1 is 1.15 bits per heavy atom. The Bertz CT molecular complexity index is 420. The average molecular weight is 277 g/mol. The molecule has 0 saturated carbocycles. The van der Waals surface area contributed by atoms with Gasteiger partial charge >= 0.3 is 0 Å². The number of rotatable bonds is 8. The minimum Gasteiger partial charge on any atom is -0.355 e. The minimum absolute atomic E-state index is 0.0643. The fraction of sp³-hybridized carbons (Fsp3) is 0.467. The topological polar surface area (TPSA) is 70.2 Å². The Morgan fingerprint density at radius 2 is 1.85 bits per heavy atom. The van der Waals surface area contributed by atoms with Gasteiger partial charge in [-0.25, -0.2) is 0 Å². The lowest BCUT2D eigenvalue weighted by Crippen LogP contribution is -2.35. The highest BCUT2D eigenvalue weighted by Crippen LogP contribution is 2.16. The summed E-state index contributed by atoms with van der Waals surface area (Å²) in [4.78, 5) is 23.1. The Balaban J connectivity index is 2.52. The van der Waals surface area contributed by atoms with Crippen LogP contribution in [0.2, 0.25) is 0 Å². The molecule has 0 aliphatic carbocycles. The lowest BCUT2D eigenvalue weighted by atomic mass is 10.0. The van der Waals surface area contributed by atoms with Gasteiger partial charge in [-0.15, -0.1) is 0 Å². The van der Waals surface area contributed by atoms with Crippen molar-refractivity contribution in [1.29, 1.82) is 0 Å². The van der Waals surface area contributed by atoms with E-state index in [1.807, 2.05) is 37.3 Å². The smallest absolute Gasteiger partial charge is 0.222 e. The minimum atomic E-state index is -0.284. The van der Waals surface area contributed by atoms with Crippen LogP contribution in [0.25, 0.3) is 0 Å². The lowest BCUT2D eigenvalue weighted by Gasteiger charge is -2.18. The zero-order valence-corrected chi connectivity index (χ0v) is 12.1. The van der Waals surface area contributed by atoms with Gasteiger partial charge in [-0.3, -0.25) is 9.59 Å². The van der Waals surface area contributed by atoms with Gasteiger partial charge in [0.15, 0.2) is 0 Å². The van der Waals surface area contributed by atoms with Crippen LogP contribution in [0.5, 0.6) is 0 Å². The SMILES string of the molecule is CCNCCNC(=O)CC(NC(C)=O)c1ccccc1. The normalized spacial score (nSPS) is 11.7. The summed E-state index contributed by atoms with van der Waals surface area (Å²) in [6.07, 6.45) is 0.246. The van der Waals surface area contributed by atoms with E-state index in [1.165, 1.54) is 6.92 Å². The second kappa shape index (κ2) is 9.09. The zero-order chi connectivity index (χ0) is 14.8. The third-order valence-electron chi connectivity index (χ3n) is 2.84. The highest BCUT2D eigenvalue weighted by molar-refractivity contribution is 5.79. The van der Waals surface area contributed by atoms with Gasteiger partial charge in [0.2, 0.25) is 11.8 Å². The first-order chi connectivity index (χ1) is 9.63. The Morgan fingerprint density at radius 3 is 2.45 bits per heavy atom. The molecular formula is C15H23N3O2. The van der Waals surface area contributed by atoms with Gasteiger partial charge < -0.3 is 16.0 Å². The Labute approximate surface area is 120 Å². The number of hydrogen-bond donors (Lipinski definition) is 3. The van der Waals surface area contributed by atoms with Crippen molar-refractivity contribution in [2.45, 2.75) is 26.3 Å². The molecule has 1 rings (SSSR count). The molecule has 0 aliphatic heterocycles. The maximum absolute atomic E-state index is 11.9. The van der Waals surface area contributed by atoms with Crippen LogP contribution in [-0.4, -0.2) is 31.4 Å². The third kappa shape index (κ3) is 6.33. The zero-order valence-electron chi connectivity index (χ0n) is 12.1. The van der Waals surface area contributed by atoms with Crippen molar-refractivity contribution in [3.8, 4) is 0 Å². The van der Waals surface area contributed by atoms with Crippen molar-refractivity contribution in [2.24, 2.45) is 0 Å². The molecule has 0 aliphatic rings. The monoisotopic (exact) mass is 277 g/mol. The van der Waals surface area contributed by atoms with Crippen LogP contribution in [0.15, 0.2) is 30.3 Å². The number of likely N-dealkylation sites (N-methyl/N-ethyl adjacent to an activating group) is 1. The van der Waals surface area contributed by atoms with E-state index in [-0.39, 0.29) is 24.3 Å². The van der Waals surface area contributed by atoms with E-state index in [2.05, 4.69) is 16.0 Å². The van der Waals surface area contributed by atoms with Crippen molar-refractivity contribution in [1.82, 2.24) is 16.0 Å². The predicted octanol–water partition coefficient (Wildman–Crippen LogP) is 0.980. The van der Waals surface area contributed by atoms with Gasteiger partial charge in [0, 0.05) is 20.0 Å². The van der Waals surface area contributed by atoms with Gasteiger partial charge in [0.05, 0.1) is 12.5 Å². The fourth-order valence-electron chi connectivity index (χ4n) is 1.91. The number of hydrogen-bond acceptors (Lipinski definition) is 3. The molecule has 110 valence electrons. The summed E-state index contributed by atoms with van der Waals surface area (Å²) in [5, 5.41) is 8.79. The maximum Gasteiger partial charge on any atom is 0.222 e. The molecule has 0 saturated heterocycles. The molecule has 1 unspecified atom stereocenters. The van der Waals surface area contributed by atoms with Crippen LogP contribution in [0.4, 0.5) is 0 Å². The van der Waals surface area contributed by atoms with Crippen molar-refractivity contribution in [3.63, 3.8) is 0 Å². The largest absolute Gasteiger partial charge is 0.355 e. The summed E-state index contributed by atoms with van der Waals surface area (Å²) < 4.78 is 0. The maximum atomic E-state index is 11.9. The molecule has 1 atom stereocenters. The molecule has 0 aromatic heterocycles. The highest BCUT2D eigenvalue weighted by atomic mass is 16.2. The Hall–Kier alpha value is -1.88. The van der Waals surface area contributed by atoms with E-state index in [9.17, 15) is 9.59 Å². The molecule has 0 bridgehead atoms. The molecule has 3 N–H and O–H groups in total. The van der Waals surface area contributed by atoms with Crippen molar-refractivity contribution in [2.75, 3.05) is 19.6 Å².